The van der Waals surface area contributed by atoms with Crippen LogP contribution >= 0.6 is 38.5 Å². The Hall–Kier alpha value is -1.54. The van der Waals surface area contributed by atoms with Gasteiger partial charge in [0.15, 0.2) is 11.5 Å². The second-order valence-corrected chi connectivity index (χ2v) is 7.06. The highest BCUT2D eigenvalue weighted by atomic mass is 127. The van der Waals surface area contributed by atoms with E-state index in [1.807, 2.05) is 53.8 Å². The number of nitrogens with one attached hydrogen (secondary N) is 1. The Morgan fingerprint density at radius 3 is 2.87 bits per heavy atom. The summed E-state index contributed by atoms with van der Waals surface area (Å²) in [6.07, 6.45) is 1.80. The van der Waals surface area contributed by atoms with Crippen LogP contribution in [0.3, 0.4) is 0 Å². The van der Waals surface area contributed by atoms with E-state index in [1.165, 1.54) is 0 Å². The molecule has 1 aliphatic rings. The van der Waals surface area contributed by atoms with E-state index in [1.54, 1.807) is 12.1 Å². The quantitative estimate of drug-likeness (QED) is 0.491. The zero-order valence-electron chi connectivity index (χ0n) is 12.2. The molecule has 6 heteroatoms. The number of aromatic hydroxyl groups is 1. The highest BCUT2D eigenvalue weighted by Crippen LogP contribution is 2.37. The zero-order chi connectivity index (χ0) is 16.6. The van der Waals surface area contributed by atoms with Crippen LogP contribution in [0, 0.1) is 3.57 Å². The van der Waals surface area contributed by atoms with Crippen molar-refractivity contribution in [2.24, 2.45) is 0 Å². The number of amides is 1. The highest BCUT2D eigenvalue weighted by Gasteiger charge is 2.24. The first-order valence-corrected chi connectivity index (χ1v) is 8.85. The van der Waals surface area contributed by atoms with Crippen LogP contribution in [-0.2, 0) is 4.79 Å². The number of hydrogen-bond donors (Lipinski definition) is 2. The molecule has 0 radical (unpaired) electrons. The first-order valence-electron chi connectivity index (χ1n) is 6.98. The number of fused-ring (bicyclic) bond motifs is 1. The van der Waals surface area contributed by atoms with Crippen LogP contribution in [0.15, 0.2) is 34.8 Å². The number of hydrogen-bond acceptors (Lipinski definition) is 3. The third kappa shape index (κ3) is 3.23. The van der Waals surface area contributed by atoms with Gasteiger partial charge >= 0.3 is 0 Å². The van der Waals surface area contributed by atoms with Gasteiger partial charge in [-0.25, -0.2) is 0 Å². The maximum atomic E-state index is 12.2. The Morgan fingerprint density at radius 2 is 2.13 bits per heavy atom. The Morgan fingerprint density at radius 1 is 1.35 bits per heavy atom. The summed E-state index contributed by atoms with van der Waals surface area (Å²) in [6, 6.07) is 9.21. The van der Waals surface area contributed by atoms with Gasteiger partial charge in [-0.15, -0.1) is 0 Å². The van der Waals surface area contributed by atoms with E-state index in [4.69, 9.17) is 4.74 Å². The predicted molar refractivity (Wildman–Crippen MR) is 103 cm³/mol. The molecule has 3 rings (SSSR count). The Bertz CT molecular complexity index is 833. The van der Waals surface area contributed by atoms with Gasteiger partial charge in [0, 0.05) is 21.3 Å². The van der Waals surface area contributed by atoms with Gasteiger partial charge in [-0.1, -0.05) is 15.9 Å². The Balaban J connectivity index is 2.09. The molecule has 0 spiro atoms. The minimum absolute atomic E-state index is 0.119. The molecule has 0 saturated carbocycles. The second kappa shape index (κ2) is 6.52. The van der Waals surface area contributed by atoms with E-state index in [0.717, 1.165) is 21.3 Å². The normalized spacial score (nSPS) is 14.7. The summed E-state index contributed by atoms with van der Waals surface area (Å²) in [5.41, 5.74) is 3.03. The molecule has 2 aromatic rings. The molecule has 0 atom stereocenters. The van der Waals surface area contributed by atoms with E-state index in [2.05, 4.69) is 21.2 Å². The Labute approximate surface area is 155 Å². The van der Waals surface area contributed by atoms with Gasteiger partial charge in [0.25, 0.3) is 5.91 Å². The van der Waals surface area contributed by atoms with Crippen LogP contribution in [0.4, 0.5) is 5.69 Å². The van der Waals surface area contributed by atoms with E-state index in [-0.39, 0.29) is 11.7 Å². The SMILES string of the molecule is CCOc1cc(/C=C2/C(=O)Nc3ccc(Br)cc32)cc(I)c1O. The molecule has 118 valence electrons. The van der Waals surface area contributed by atoms with Crippen molar-refractivity contribution in [1.82, 2.24) is 0 Å². The number of halogens is 2. The molecule has 0 aliphatic carbocycles. The number of benzene rings is 2. The average molecular weight is 486 g/mol. The van der Waals surface area contributed by atoms with Gasteiger partial charge in [-0.2, -0.15) is 0 Å². The summed E-state index contributed by atoms with van der Waals surface area (Å²) in [7, 11) is 0. The molecule has 4 nitrogen and oxygen atoms in total. The molecule has 2 N–H and O–H groups in total. The fraction of sp³-hybridized carbons (Fsp3) is 0.118. The molecule has 2 aromatic carbocycles. The van der Waals surface area contributed by atoms with Crippen LogP contribution in [-0.4, -0.2) is 17.6 Å². The highest BCUT2D eigenvalue weighted by molar-refractivity contribution is 14.1. The van der Waals surface area contributed by atoms with Gasteiger partial charge in [0.05, 0.1) is 10.2 Å². The first-order chi connectivity index (χ1) is 11.0. The van der Waals surface area contributed by atoms with E-state index in [9.17, 15) is 9.90 Å². The van der Waals surface area contributed by atoms with Crippen LogP contribution in [0.25, 0.3) is 11.6 Å². The van der Waals surface area contributed by atoms with Gasteiger partial charge in [-0.05, 0) is 71.5 Å². The van der Waals surface area contributed by atoms with Crippen molar-refractivity contribution in [3.8, 4) is 11.5 Å². The molecule has 1 aliphatic heterocycles. The molecule has 23 heavy (non-hydrogen) atoms. The summed E-state index contributed by atoms with van der Waals surface area (Å²) in [4.78, 5) is 12.2. The number of anilines is 1. The number of carbonyl (C=O) groups excluding carboxylic acids is 1. The van der Waals surface area contributed by atoms with Crippen molar-refractivity contribution < 1.29 is 14.6 Å². The number of ether oxygens (including phenoxy) is 1. The van der Waals surface area contributed by atoms with Crippen molar-refractivity contribution in [2.45, 2.75) is 6.92 Å². The predicted octanol–water partition coefficient (Wildman–Crippen LogP) is 4.65. The molecule has 0 unspecified atom stereocenters. The summed E-state index contributed by atoms with van der Waals surface area (Å²) < 4.78 is 7.03. The van der Waals surface area contributed by atoms with Crippen LogP contribution in [0.1, 0.15) is 18.1 Å². The van der Waals surface area contributed by atoms with Crippen molar-refractivity contribution in [1.29, 1.82) is 0 Å². The lowest BCUT2D eigenvalue weighted by Crippen LogP contribution is -2.03. The lowest BCUT2D eigenvalue weighted by molar-refractivity contribution is -0.110. The molecule has 0 fully saturated rings. The molecular formula is C17H13BrINO3. The van der Waals surface area contributed by atoms with Crippen molar-refractivity contribution in [2.75, 3.05) is 11.9 Å². The van der Waals surface area contributed by atoms with E-state index < -0.39 is 0 Å². The fourth-order valence-corrected chi connectivity index (χ4v) is 3.40. The molecule has 1 amide bonds. The third-order valence-corrected chi connectivity index (χ3v) is 4.74. The molecule has 0 aromatic heterocycles. The van der Waals surface area contributed by atoms with Crippen LogP contribution in [0.2, 0.25) is 0 Å². The maximum absolute atomic E-state index is 12.2. The van der Waals surface area contributed by atoms with Gasteiger partial charge in [0.1, 0.15) is 0 Å². The van der Waals surface area contributed by atoms with Gasteiger partial charge in [0.2, 0.25) is 0 Å². The van der Waals surface area contributed by atoms with Gasteiger partial charge in [-0.3, -0.25) is 4.79 Å². The summed E-state index contributed by atoms with van der Waals surface area (Å²) >= 11 is 5.48. The number of carbonyl (C=O) groups is 1. The number of phenolic OH excluding ortho intramolecular Hbond substituents is 1. The third-order valence-electron chi connectivity index (χ3n) is 3.43. The maximum Gasteiger partial charge on any atom is 0.256 e. The largest absolute Gasteiger partial charge is 0.504 e. The first kappa shape index (κ1) is 16.3. The summed E-state index contributed by atoms with van der Waals surface area (Å²) in [5.74, 6) is 0.395. The summed E-state index contributed by atoms with van der Waals surface area (Å²) in [6.45, 7) is 2.32. The van der Waals surface area contributed by atoms with E-state index >= 15 is 0 Å². The standard InChI is InChI=1S/C17H13BrINO3/c1-2-23-15-7-9(6-13(19)16(15)21)5-12-11-8-10(18)3-4-14(11)20-17(12)22/h3-8,21H,2H2,1H3,(H,20,22)/b12-5+. The van der Waals surface area contributed by atoms with Crippen LogP contribution < -0.4 is 10.1 Å². The number of rotatable bonds is 3. The minimum Gasteiger partial charge on any atom is -0.504 e. The molecule has 1 heterocycles. The average Bonchev–Trinajstić information content (AvgIpc) is 2.80. The fourth-order valence-electron chi connectivity index (χ4n) is 2.41. The lowest BCUT2D eigenvalue weighted by Gasteiger charge is -2.09. The van der Waals surface area contributed by atoms with Crippen molar-refractivity contribution in [3.05, 3.63) is 49.5 Å². The van der Waals surface area contributed by atoms with Crippen molar-refractivity contribution >= 4 is 61.8 Å². The number of phenols is 1. The summed E-state index contributed by atoms with van der Waals surface area (Å²) in [5, 5.41) is 12.9. The minimum atomic E-state index is -0.140. The second-order valence-electron chi connectivity index (χ2n) is 4.98. The topological polar surface area (TPSA) is 58.6 Å². The zero-order valence-corrected chi connectivity index (χ0v) is 15.9. The molecule has 0 saturated heterocycles. The lowest BCUT2D eigenvalue weighted by atomic mass is 10.0. The molecular weight excluding hydrogens is 473 g/mol. The monoisotopic (exact) mass is 485 g/mol. The Kier molecular flexibility index (Phi) is 4.63. The van der Waals surface area contributed by atoms with E-state index in [0.29, 0.717) is 21.5 Å². The smallest absolute Gasteiger partial charge is 0.256 e. The molecule has 0 bridgehead atoms. The van der Waals surface area contributed by atoms with Crippen molar-refractivity contribution in [3.63, 3.8) is 0 Å². The van der Waals surface area contributed by atoms with Crippen LogP contribution in [0.5, 0.6) is 11.5 Å². The van der Waals surface area contributed by atoms with Gasteiger partial charge < -0.3 is 15.2 Å².